The van der Waals surface area contributed by atoms with E-state index in [1.165, 1.54) is 19.3 Å². The Morgan fingerprint density at radius 1 is 1.33 bits per heavy atom. The fourth-order valence-corrected chi connectivity index (χ4v) is 3.18. The lowest BCUT2D eigenvalue weighted by molar-refractivity contribution is -0.116. The molecule has 3 N–H and O–H groups in total. The number of hydrogen-bond acceptors (Lipinski definition) is 4. The molecule has 0 bridgehead atoms. The maximum Gasteiger partial charge on any atom is 0.227 e. The van der Waals surface area contributed by atoms with Gasteiger partial charge in [0.2, 0.25) is 5.91 Å². The van der Waals surface area contributed by atoms with Crippen molar-refractivity contribution in [1.29, 1.82) is 0 Å². The zero-order valence-electron chi connectivity index (χ0n) is 16.8. The molecule has 1 saturated carbocycles. The van der Waals surface area contributed by atoms with E-state index in [4.69, 9.17) is 9.73 Å². The molecule has 0 saturated heterocycles. The van der Waals surface area contributed by atoms with Crippen molar-refractivity contribution in [3.63, 3.8) is 0 Å². The predicted molar refractivity (Wildman–Crippen MR) is 109 cm³/mol. The van der Waals surface area contributed by atoms with Crippen molar-refractivity contribution in [3.8, 4) is 0 Å². The minimum atomic E-state index is -0.0630. The van der Waals surface area contributed by atoms with Gasteiger partial charge in [-0.1, -0.05) is 12.5 Å². The van der Waals surface area contributed by atoms with Gasteiger partial charge >= 0.3 is 0 Å². The number of nitrogens with one attached hydrogen (secondary N) is 3. The predicted octanol–water partition coefficient (Wildman–Crippen LogP) is 2.48. The van der Waals surface area contributed by atoms with Crippen LogP contribution in [0.2, 0.25) is 0 Å². The van der Waals surface area contributed by atoms with Crippen LogP contribution in [0, 0.1) is 12.3 Å². The number of anilines is 1. The van der Waals surface area contributed by atoms with Gasteiger partial charge in [0, 0.05) is 45.5 Å². The van der Waals surface area contributed by atoms with Gasteiger partial charge in [-0.05, 0) is 50.7 Å². The summed E-state index contributed by atoms with van der Waals surface area (Å²) in [5.41, 5.74) is 1.16. The van der Waals surface area contributed by atoms with Crippen LogP contribution in [-0.4, -0.2) is 50.2 Å². The molecule has 1 aliphatic rings. The highest BCUT2D eigenvalue weighted by atomic mass is 16.5. The van der Waals surface area contributed by atoms with Gasteiger partial charge in [0.05, 0.1) is 0 Å². The summed E-state index contributed by atoms with van der Waals surface area (Å²) in [7, 11) is 1.75. The number of methoxy groups -OCH3 is 1. The molecule has 1 aliphatic carbocycles. The number of aromatic nitrogens is 1. The standard InChI is InChI=1S/C20H33N5O2/c1-4-21-19(23-15-20(10-6-11-20)12-14-27-3)22-13-9-18(26)25-17-8-5-7-16(2)24-17/h5,7-8H,4,6,9-15H2,1-3H3,(H2,21,22,23)(H,24,25,26). The van der Waals surface area contributed by atoms with Crippen molar-refractivity contribution < 1.29 is 9.53 Å². The first-order chi connectivity index (χ1) is 13.1. The first-order valence-corrected chi connectivity index (χ1v) is 9.81. The van der Waals surface area contributed by atoms with Crippen molar-refractivity contribution in [1.82, 2.24) is 15.6 Å². The Hall–Kier alpha value is -2.15. The minimum Gasteiger partial charge on any atom is -0.385 e. The summed E-state index contributed by atoms with van der Waals surface area (Å²) in [6, 6.07) is 5.58. The van der Waals surface area contributed by atoms with Gasteiger partial charge < -0.3 is 20.7 Å². The number of amides is 1. The number of guanidine groups is 1. The number of carbonyl (C=O) groups excluding carboxylic acids is 1. The van der Waals surface area contributed by atoms with Crippen molar-refractivity contribution in [2.45, 2.75) is 46.0 Å². The first-order valence-electron chi connectivity index (χ1n) is 9.81. The van der Waals surface area contributed by atoms with Crippen molar-refractivity contribution in [2.24, 2.45) is 10.4 Å². The number of carbonyl (C=O) groups is 1. The van der Waals surface area contributed by atoms with E-state index in [2.05, 4.69) is 20.9 Å². The van der Waals surface area contributed by atoms with Gasteiger partial charge in [-0.15, -0.1) is 0 Å². The first kappa shape index (κ1) is 21.2. The average Bonchev–Trinajstić information content (AvgIpc) is 2.60. The third-order valence-electron chi connectivity index (χ3n) is 4.97. The average molecular weight is 376 g/mol. The maximum atomic E-state index is 12.1. The second-order valence-corrected chi connectivity index (χ2v) is 7.18. The van der Waals surface area contributed by atoms with E-state index in [1.54, 1.807) is 13.2 Å². The number of pyridine rings is 1. The summed E-state index contributed by atoms with van der Waals surface area (Å²) in [6.45, 7) is 6.83. The third kappa shape index (κ3) is 7.17. The normalized spacial score (nSPS) is 15.7. The molecule has 0 atom stereocenters. The molecule has 0 unspecified atom stereocenters. The molecule has 27 heavy (non-hydrogen) atoms. The Kier molecular flexibility index (Phi) is 8.51. The van der Waals surface area contributed by atoms with Crippen LogP contribution < -0.4 is 16.0 Å². The zero-order chi connectivity index (χ0) is 19.5. The van der Waals surface area contributed by atoms with Crippen LogP contribution in [0.4, 0.5) is 5.82 Å². The van der Waals surface area contributed by atoms with Crippen LogP contribution in [0.15, 0.2) is 23.2 Å². The molecule has 1 fully saturated rings. The molecule has 7 heteroatoms. The van der Waals surface area contributed by atoms with Gasteiger partial charge in [0.25, 0.3) is 0 Å². The Labute approximate surface area is 162 Å². The molecule has 7 nitrogen and oxygen atoms in total. The van der Waals surface area contributed by atoms with E-state index >= 15 is 0 Å². The second-order valence-electron chi connectivity index (χ2n) is 7.18. The molecule has 0 spiro atoms. The van der Waals surface area contributed by atoms with E-state index in [-0.39, 0.29) is 11.3 Å². The van der Waals surface area contributed by atoms with E-state index in [0.29, 0.717) is 18.8 Å². The molecule has 2 rings (SSSR count). The van der Waals surface area contributed by atoms with Gasteiger partial charge in [0.15, 0.2) is 5.96 Å². The van der Waals surface area contributed by atoms with E-state index in [1.807, 2.05) is 26.0 Å². The van der Waals surface area contributed by atoms with Gasteiger partial charge in [-0.25, -0.2) is 4.98 Å². The van der Waals surface area contributed by atoms with Crippen LogP contribution in [0.1, 0.15) is 44.7 Å². The topological polar surface area (TPSA) is 87.6 Å². The molecule has 1 amide bonds. The maximum absolute atomic E-state index is 12.1. The molecule has 1 aromatic rings. The molecule has 0 aliphatic heterocycles. The highest BCUT2D eigenvalue weighted by Crippen LogP contribution is 2.44. The number of aryl methyl sites for hydroxylation is 1. The summed E-state index contributed by atoms with van der Waals surface area (Å²) >= 11 is 0. The van der Waals surface area contributed by atoms with Crippen molar-refractivity contribution in [2.75, 3.05) is 38.7 Å². The summed E-state index contributed by atoms with van der Waals surface area (Å²) < 4.78 is 5.25. The number of ether oxygens (including phenoxy) is 1. The largest absolute Gasteiger partial charge is 0.385 e. The summed E-state index contributed by atoms with van der Waals surface area (Å²) in [5.74, 6) is 1.29. The lowest BCUT2D eigenvalue weighted by Crippen LogP contribution is -2.41. The Balaban J connectivity index is 1.78. The smallest absolute Gasteiger partial charge is 0.227 e. The fraction of sp³-hybridized carbons (Fsp3) is 0.650. The number of nitrogens with zero attached hydrogens (tertiary/aromatic N) is 2. The summed E-state index contributed by atoms with van der Waals surface area (Å²) in [6.07, 6.45) is 5.11. The highest BCUT2D eigenvalue weighted by Gasteiger charge is 2.36. The quantitative estimate of drug-likeness (QED) is 0.432. The van der Waals surface area contributed by atoms with Crippen LogP contribution in [0.3, 0.4) is 0 Å². The lowest BCUT2D eigenvalue weighted by Gasteiger charge is -2.40. The molecule has 0 aromatic carbocycles. The third-order valence-corrected chi connectivity index (χ3v) is 4.97. The van der Waals surface area contributed by atoms with E-state index < -0.39 is 0 Å². The summed E-state index contributed by atoms with van der Waals surface area (Å²) in [5, 5.41) is 9.33. The Morgan fingerprint density at radius 2 is 2.15 bits per heavy atom. The number of aliphatic imine (C=N–C) groups is 1. The van der Waals surface area contributed by atoms with Crippen LogP contribution in [0.5, 0.6) is 0 Å². The molecular weight excluding hydrogens is 342 g/mol. The minimum absolute atomic E-state index is 0.0630. The van der Waals surface area contributed by atoms with Crippen molar-refractivity contribution >= 4 is 17.7 Å². The van der Waals surface area contributed by atoms with Crippen LogP contribution in [-0.2, 0) is 9.53 Å². The van der Waals surface area contributed by atoms with Crippen LogP contribution in [0.25, 0.3) is 0 Å². The number of hydrogen-bond donors (Lipinski definition) is 3. The van der Waals surface area contributed by atoms with Crippen LogP contribution >= 0.6 is 0 Å². The molecule has 0 radical (unpaired) electrons. The summed E-state index contributed by atoms with van der Waals surface area (Å²) in [4.78, 5) is 21.1. The van der Waals surface area contributed by atoms with E-state index in [9.17, 15) is 4.79 Å². The molecule has 1 aromatic heterocycles. The molecular formula is C20H33N5O2. The van der Waals surface area contributed by atoms with Gasteiger partial charge in [-0.3, -0.25) is 9.79 Å². The molecule has 150 valence electrons. The fourth-order valence-electron chi connectivity index (χ4n) is 3.18. The lowest BCUT2D eigenvalue weighted by atomic mass is 9.67. The highest BCUT2D eigenvalue weighted by molar-refractivity contribution is 5.90. The Morgan fingerprint density at radius 3 is 2.78 bits per heavy atom. The zero-order valence-corrected chi connectivity index (χ0v) is 16.8. The molecule has 1 heterocycles. The SMILES string of the molecule is CCNC(=NCC1(CCOC)CCC1)NCCC(=O)Nc1cccc(C)n1. The monoisotopic (exact) mass is 375 g/mol. The Bertz CT molecular complexity index is 629. The van der Waals surface area contributed by atoms with E-state index in [0.717, 1.165) is 37.8 Å². The second kappa shape index (κ2) is 10.9. The van der Waals surface area contributed by atoms with Gasteiger partial charge in [0.1, 0.15) is 5.82 Å². The van der Waals surface area contributed by atoms with Gasteiger partial charge in [-0.2, -0.15) is 0 Å². The number of rotatable bonds is 10. The van der Waals surface area contributed by atoms with Crippen molar-refractivity contribution in [3.05, 3.63) is 23.9 Å².